The second-order valence-corrected chi connectivity index (χ2v) is 5.75. The maximum Gasteiger partial charge on any atom is 0.407 e. The molecule has 0 bridgehead atoms. The van der Waals surface area contributed by atoms with Crippen molar-refractivity contribution in [1.82, 2.24) is 5.32 Å². The maximum atomic E-state index is 11.4. The number of hydrogen-bond donors (Lipinski definition) is 2. The van der Waals surface area contributed by atoms with E-state index in [-0.39, 0.29) is 12.0 Å². The topological polar surface area (TPSA) is 58.6 Å². The van der Waals surface area contributed by atoms with Gasteiger partial charge in [-0.3, -0.25) is 0 Å². The zero-order valence-electron chi connectivity index (χ0n) is 10.1. The molecule has 88 valence electrons. The lowest BCUT2D eigenvalue weighted by molar-refractivity contribution is 0.0436. The van der Waals surface area contributed by atoms with E-state index in [0.717, 1.165) is 6.42 Å². The minimum atomic E-state index is -0.723. The highest BCUT2D eigenvalue weighted by atomic mass is 16.6. The summed E-state index contributed by atoms with van der Waals surface area (Å²) in [5.74, 6) is 0.144. The fraction of sp³-hybridized carbons (Fsp3) is 0.909. The lowest BCUT2D eigenvalue weighted by Gasteiger charge is -2.21. The largest absolute Gasteiger partial charge is 0.444 e. The van der Waals surface area contributed by atoms with Crippen molar-refractivity contribution in [2.45, 2.75) is 58.3 Å². The Kier molecular flexibility index (Phi) is 3.01. The average molecular weight is 215 g/mol. The second-order valence-electron chi connectivity index (χ2n) is 5.75. The second kappa shape index (κ2) is 3.67. The summed E-state index contributed by atoms with van der Waals surface area (Å²) in [4.78, 5) is 11.4. The van der Waals surface area contributed by atoms with E-state index in [1.54, 1.807) is 13.8 Å². The first kappa shape index (κ1) is 12.3. The molecule has 1 fully saturated rings. The molecular formula is C11H21NO3. The van der Waals surface area contributed by atoms with Crippen molar-refractivity contribution >= 4 is 6.09 Å². The molecule has 1 rings (SSSR count). The fourth-order valence-electron chi connectivity index (χ4n) is 1.59. The highest BCUT2D eigenvalue weighted by Gasteiger charge is 2.48. The Bertz CT molecular complexity index is 250. The van der Waals surface area contributed by atoms with E-state index in [2.05, 4.69) is 5.32 Å². The number of aliphatic hydroxyl groups is 1. The molecule has 0 aromatic rings. The molecule has 2 unspecified atom stereocenters. The van der Waals surface area contributed by atoms with Gasteiger partial charge in [-0.25, -0.2) is 4.79 Å². The minimum absolute atomic E-state index is 0.0554. The average Bonchev–Trinajstić information content (AvgIpc) is 2.59. The zero-order valence-corrected chi connectivity index (χ0v) is 10.1. The van der Waals surface area contributed by atoms with Crippen molar-refractivity contribution in [2.24, 2.45) is 5.92 Å². The molecule has 4 nitrogen and oxygen atoms in total. The monoisotopic (exact) mass is 215 g/mol. The third kappa shape index (κ3) is 4.08. The van der Waals surface area contributed by atoms with Crippen LogP contribution in [0.5, 0.6) is 0 Å². The van der Waals surface area contributed by atoms with Gasteiger partial charge in [-0.1, -0.05) is 0 Å². The third-order valence-electron chi connectivity index (χ3n) is 2.40. The molecule has 0 radical (unpaired) electrons. The molecule has 4 heteroatoms. The van der Waals surface area contributed by atoms with E-state index in [9.17, 15) is 9.90 Å². The molecular weight excluding hydrogens is 194 g/mol. The molecule has 1 aliphatic rings. The Morgan fingerprint density at radius 1 is 1.33 bits per heavy atom. The lowest BCUT2D eigenvalue weighted by atomic mass is 10.0. The Morgan fingerprint density at radius 2 is 1.87 bits per heavy atom. The Balaban J connectivity index is 2.31. The fourth-order valence-corrected chi connectivity index (χ4v) is 1.59. The molecule has 0 aliphatic heterocycles. The van der Waals surface area contributed by atoms with Gasteiger partial charge in [-0.2, -0.15) is 0 Å². The molecule has 2 atom stereocenters. The molecule has 1 aliphatic carbocycles. The van der Waals surface area contributed by atoms with Gasteiger partial charge in [0.1, 0.15) is 5.60 Å². The van der Waals surface area contributed by atoms with Crippen LogP contribution in [0.15, 0.2) is 0 Å². The normalized spacial score (nSPS) is 26.0. The van der Waals surface area contributed by atoms with E-state index in [1.807, 2.05) is 20.8 Å². The van der Waals surface area contributed by atoms with Crippen LogP contribution in [-0.2, 0) is 4.74 Å². The summed E-state index contributed by atoms with van der Waals surface area (Å²) in [6.45, 7) is 9.00. The first-order chi connectivity index (χ1) is 6.59. The van der Waals surface area contributed by atoms with Gasteiger partial charge in [-0.15, -0.1) is 0 Å². The summed E-state index contributed by atoms with van der Waals surface area (Å²) >= 11 is 0. The van der Waals surface area contributed by atoms with Crippen molar-refractivity contribution < 1.29 is 14.6 Å². The molecule has 0 aromatic heterocycles. The van der Waals surface area contributed by atoms with Crippen molar-refractivity contribution in [3.05, 3.63) is 0 Å². The van der Waals surface area contributed by atoms with Crippen LogP contribution in [0.4, 0.5) is 4.79 Å². The number of nitrogens with one attached hydrogen (secondary N) is 1. The SMILES string of the molecule is CC(C)(C)OC(=O)NC1CC1C(C)(C)O. The van der Waals surface area contributed by atoms with Crippen LogP contribution in [0.3, 0.4) is 0 Å². The van der Waals surface area contributed by atoms with Gasteiger partial charge in [0.05, 0.1) is 5.60 Å². The number of alkyl carbamates (subject to hydrolysis) is 1. The summed E-state index contributed by atoms with van der Waals surface area (Å²) in [5.41, 5.74) is -1.19. The predicted octanol–water partition coefficient (Wildman–Crippen LogP) is 1.67. The molecule has 1 amide bonds. The van der Waals surface area contributed by atoms with Crippen molar-refractivity contribution in [2.75, 3.05) is 0 Å². The van der Waals surface area contributed by atoms with Crippen LogP contribution < -0.4 is 5.32 Å². The Morgan fingerprint density at radius 3 is 2.20 bits per heavy atom. The van der Waals surface area contributed by atoms with E-state index < -0.39 is 17.3 Å². The predicted molar refractivity (Wildman–Crippen MR) is 57.6 cm³/mol. The van der Waals surface area contributed by atoms with Gasteiger partial charge < -0.3 is 15.2 Å². The van der Waals surface area contributed by atoms with E-state index in [1.165, 1.54) is 0 Å². The summed E-state index contributed by atoms with van der Waals surface area (Å²) in [6.07, 6.45) is 0.419. The van der Waals surface area contributed by atoms with Gasteiger partial charge in [-0.05, 0) is 41.0 Å². The number of hydrogen-bond acceptors (Lipinski definition) is 3. The number of carbonyl (C=O) groups excluding carboxylic acids is 1. The number of carbonyl (C=O) groups is 1. The van der Waals surface area contributed by atoms with Crippen LogP contribution in [0.25, 0.3) is 0 Å². The van der Waals surface area contributed by atoms with Crippen LogP contribution >= 0.6 is 0 Å². The zero-order chi connectivity index (χ0) is 11.9. The molecule has 2 N–H and O–H groups in total. The maximum absolute atomic E-state index is 11.4. The Labute approximate surface area is 91.0 Å². The quantitative estimate of drug-likeness (QED) is 0.736. The standard InChI is InChI=1S/C11H21NO3/c1-10(2,3)15-9(13)12-8-6-7(8)11(4,5)14/h7-8,14H,6H2,1-5H3,(H,12,13). The van der Waals surface area contributed by atoms with Gasteiger partial charge in [0.25, 0.3) is 0 Å². The van der Waals surface area contributed by atoms with Crippen molar-refractivity contribution in [3.8, 4) is 0 Å². The van der Waals surface area contributed by atoms with Gasteiger partial charge >= 0.3 is 6.09 Å². The van der Waals surface area contributed by atoms with Gasteiger partial charge in [0.2, 0.25) is 0 Å². The highest BCUT2D eigenvalue weighted by Crippen LogP contribution is 2.39. The molecule has 0 saturated heterocycles. The van der Waals surface area contributed by atoms with Gasteiger partial charge in [0.15, 0.2) is 0 Å². The van der Waals surface area contributed by atoms with Crippen LogP contribution in [0, 0.1) is 5.92 Å². The number of amides is 1. The molecule has 1 saturated carbocycles. The van der Waals surface area contributed by atoms with Gasteiger partial charge in [0, 0.05) is 12.0 Å². The van der Waals surface area contributed by atoms with Crippen molar-refractivity contribution in [3.63, 3.8) is 0 Å². The molecule has 15 heavy (non-hydrogen) atoms. The van der Waals surface area contributed by atoms with E-state index >= 15 is 0 Å². The van der Waals surface area contributed by atoms with E-state index in [0.29, 0.717) is 0 Å². The summed E-state index contributed by atoms with van der Waals surface area (Å²) in [5, 5.41) is 12.4. The molecule has 0 spiro atoms. The lowest BCUT2D eigenvalue weighted by Crippen LogP contribution is -2.36. The minimum Gasteiger partial charge on any atom is -0.444 e. The van der Waals surface area contributed by atoms with Crippen LogP contribution in [0.2, 0.25) is 0 Å². The molecule has 0 heterocycles. The molecule has 0 aromatic carbocycles. The highest BCUT2D eigenvalue weighted by molar-refractivity contribution is 5.68. The summed E-state index contributed by atoms with van der Waals surface area (Å²) in [6, 6.07) is 0.0554. The number of rotatable bonds is 2. The first-order valence-corrected chi connectivity index (χ1v) is 5.31. The smallest absolute Gasteiger partial charge is 0.407 e. The summed E-state index contributed by atoms with van der Waals surface area (Å²) < 4.78 is 5.12. The van der Waals surface area contributed by atoms with Crippen LogP contribution in [-0.4, -0.2) is 28.4 Å². The number of ether oxygens (including phenoxy) is 1. The van der Waals surface area contributed by atoms with Crippen LogP contribution in [0.1, 0.15) is 41.0 Å². The summed E-state index contributed by atoms with van der Waals surface area (Å²) in [7, 11) is 0. The Hall–Kier alpha value is -0.770. The third-order valence-corrected chi connectivity index (χ3v) is 2.40. The van der Waals surface area contributed by atoms with Crippen molar-refractivity contribution in [1.29, 1.82) is 0 Å². The van der Waals surface area contributed by atoms with E-state index in [4.69, 9.17) is 4.74 Å². The first-order valence-electron chi connectivity index (χ1n) is 5.31.